The number of carbonyl (C=O) groups is 1. The van der Waals surface area contributed by atoms with E-state index in [0.29, 0.717) is 36.7 Å². The van der Waals surface area contributed by atoms with E-state index in [2.05, 4.69) is 20.8 Å². The van der Waals surface area contributed by atoms with Gasteiger partial charge in [0.2, 0.25) is 0 Å². The molecule has 126 valence electrons. The molecule has 5 atom stereocenters. The van der Waals surface area contributed by atoms with Crippen LogP contribution in [-0.4, -0.2) is 31.6 Å². The van der Waals surface area contributed by atoms with Crippen LogP contribution in [0.5, 0.6) is 0 Å². The van der Waals surface area contributed by atoms with Gasteiger partial charge in [0.05, 0.1) is 19.8 Å². The summed E-state index contributed by atoms with van der Waals surface area (Å²) in [5.41, 5.74) is 0.186. The lowest BCUT2D eigenvalue weighted by Crippen LogP contribution is -2.63. The van der Waals surface area contributed by atoms with Gasteiger partial charge in [-0.05, 0) is 43.4 Å². The molecule has 4 aliphatic rings. The van der Waals surface area contributed by atoms with Crippen molar-refractivity contribution in [2.45, 2.75) is 59.2 Å². The minimum atomic E-state index is -0.354. The lowest BCUT2D eigenvalue weighted by Gasteiger charge is -2.63. The zero-order valence-electron chi connectivity index (χ0n) is 14.4. The van der Waals surface area contributed by atoms with E-state index in [1.54, 1.807) is 0 Å². The highest BCUT2D eigenvalue weighted by Crippen LogP contribution is 2.64. The van der Waals surface area contributed by atoms with Crippen LogP contribution in [0.4, 0.5) is 0 Å². The Hall–Kier alpha value is -0.610. The summed E-state index contributed by atoms with van der Waals surface area (Å²) in [5.74, 6) is 1.34. The SMILES string of the molecule is CCOC(=O)C[C@H](C)[C@@H]1C[C@H]2CC[C@]1(C)[C@H](C)C21OCCO1. The maximum absolute atomic E-state index is 11.9. The van der Waals surface area contributed by atoms with Crippen molar-refractivity contribution in [2.24, 2.45) is 29.1 Å². The predicted molar refractivity (Wildman–Crippen MR) is 83.2 cm³/mol. The van der Waals surface area contributed by atoms with Gasteiger partial charge in [-0.1, -0.05) is 20.8 Å². The van der Waals surface area contributed by atoms with E-state index >= 15 is 0 Å². The molecule has 0 radical (unpaired) electrons. The van der Waals surface area contributed by atoms with Crippen molar-refractivity contribution in [2.75, 3.05) is 19.8 Å². The zero-order chi connectivity index (χ0) is 16.0. The van der Waals surface area contributed by atoms with Crippen molar-refractivity contribution in [1.82, 2.24) is 0 Å². The first-order chi connectivity index (χ1) is 10.4. The molecule has 4 nitrogen and oxygen atoms in total. The summed E-state index contributed by atoms with van der Waals surface area (Å²) in [6, 6.07) is 0. The number of ether oxygens (including phenoxy) is 3. The summed E-state index contributed by atoms with van der Waals surface area (Å²) in [6.07, 6.45) is 4.04. The highest BCUT2D eigenvalue weighted by atomic mass is 16.7. The Morgan fingerprint density at radius 1 is 1.36 bits per heavy atom. The van der Waals surface area contributed by atoms with Gasteiger partial charge in [-0.25, -0.2) is 0 Å². The molecule has 3 saturated carbocycles. The Morgan fingerprint density at radius 2 is 2.05 bits per heavy atom. The summed E-state index contributed by atoms with van der Waals surface area (Å²) in [7, 11) is 0. The molecule has 1 aliphatic heterocycles. The summed E-state index contributed by atoms with van der Waals surface area (Å²) < 4.78 is 17.4. The molecule has 22 heavy (non-hydrogen) atoms. The summed E-state index contributed by atoms with van der Waals surface area (Å²) in [5, 5.41) is 0. The van der Waals surface area contributed by atoms with Crippen LogP contribution in [0.25, 0.3) is 0 Å². The monoisotopic (exact) mass is 310 g/mol. The fraction of sp³-hybridized carbons (Fsp3) is 0.944. The normalized spacial score (nSPS) is 40.8. The van der Waals surface area contributed by atoms with Crippen LogP contribution in [0.3, 0.4) is 0 Å². The maximum Gasteiger partial charge on any atom is 0.306 e. The minimum Gasteiger partial charge on any atom is -0.466 e. The molecule has 0 amide bonds. The second-order valence-electron chi connectivity index (χ2n) is 7.71. The number of esters is 1. The molecular formula is C18H30O4. The van der Waals surface area contributed by atoms with Gasteiger partial charge in [0.25, 0.3) is 0 Å². The molecule has 0 unspecified atom stereocenters. The smallest absolute Gasteiger partial charge is 0.306 e. The Balaban J connectivity index is 1.77. The number of hydrogen-bond donors (Lipinski definition) is 0. The minimum absolute atomic E-state index is 0.0595. The van der Waals surface area contributed by atoms with Gasteiger partial charge < -0.3 is 14.2 Å². The molecule has 4 heteroatoms. The van der Waals surface area contributed by atoms with E-state index < -0.39 is 0 Å². The molecule has 0 aromatic rings. The van der Waals surface area contributed by atoms with Crippen LogP contribution in [0.2, 0.25) is 0 Å². The molecule has 1 heterocycles. The van der Waals surface area contributed by atoms with Crippen molar-refractivity contribution in [3.63, 3.8) is 0 Å². The molecule has 2 bridgehead atoms. The van der Waals surface area contributed by atoms with Crippen molar-refractivity contribution < 1.29 is 19.0 Å². The van der Waals surface area contributed by atoms with E-state index in [1.807, 2.05) is 6.92 Å². The molecule has 3 aliphatic carbocycles. The first kappa shape index (κ1) is 16.3. The Bertz CT molecular complexity index is 429. The van der Waals surface area contributed by atoms with Gasteiger partial charge >= 0.3 is 5.97 Å². The van der Waals surface area contributed by atoms with Gasteiger partial charge in [0.1, 0.15) is 0 Å². The lowest BCUT2D eigenvalue weighted by molar-refractivity contribution is -0.309. The quantitative estimate of drug-likeness (QED) is 0.747. The molecule has 0 aromatic heterocycles. The summed E-state index contributed by atoms with van der Waals surface area (Å²) in [4.78, 5) is 11.9. The van der Waals surface area contributed by atoms with E-state index in [4.69, 9.17) is 14.2 Å². The fourth-order valence-electron chi connectivity index (χ4n) is 5.52. The highest BCUT2D eigenvalue weighted by molar-refractivity contribution is 5.69. The Kier molecular flexibility index (Phi) is 4.28. The number of hydrogen-bond acceptors (Lipinski definition) is 4. The van der Waals surface area contributed by atoms with E-state index in [0.717, 1.165) is 19.6 Å². The van der Waals surface area contributed by atoms with Crippen LogP contribution in [0, 0.1) is 29.1 Å². The third kappa shape index (κ3) is 2.30. The standard InChI is InChI=1S/C18H30O4/c1-5-20-16(19)10-12(2)15-11-14-6-7-17(15,4)13(3)18(14)21-8-9-22-18/h12-15H,5-11H2,1-4H3/t12-,13-,14+,15-,17+/m0/s1. The Morgan fingerprint density at radius 3 is 2.68 bits per heavy atom. The second kappa shape index (κ2) is 5.79. The zero-order valence-corrected chi connectivity index (χ0v) is 14.4. The van der Waals surface area contributed by atoms with Crippen molar-refractivity contribution in [1.29, 1.82) is 0 Å². The maximum atomic E-state index is 11.9. The van der Waals surface area contributed by atoms with Crippen LogP contribution in [0.15, 0.2) is 0 Å². The average molecular weight is 310 g/mol. The van der Waals surface area contributed by atoms with Gasteiger partial charge in [0.15, 0.2) is 5.79 Å². The second-order valence-corrected chi connectivity index (χ2v) is 7.71. The molecule has 0 aromatic carbocycles. The number of carbonyl (C=O) groups excluding carboxylic acids is 1. The molecule has 1 saturated heterocycles. The van der Waals surface area contributed by atoms with Crippen LogP contribution in [0.1, 0.15) is 53.4 Å². The molecular weight excluding hydrogens is 280 g/mol. The van der Waals surface area contributed by atoms with E-state index in [1.165, 1.54) is 12.8 Å². The van der Waals surface area contributed by atoms with Crippen LogP contribution in [-0.2, 0) is 19.0 Å². The number of rotatable bonds is 4. The first-order valence-electron chi connectivity index (χ1n) is 8.87. The van der Waals surface area contributed by atoms with Crippen LogP contribution >= 0.6 is 0 Å². The van der Waals surface area contributed by atoms with Crippen LogP contribution < -0.4 is 0 Å². The lowest BCUT2D eigenvalue weighted by atomic mass is 9.46. The Labute approximate surface area is 133 Å². The van der Waals surface area contributed by atoms with Crippen molar-refractivity contribution in [3.8, 4) is 0 Å². The van der Waals surface area contributed by atoms with Crippen molar-refractivity contribution in [3.05, 3.63) is 0 Å². The van der Waals surface area contributed by atoms with E-state index in [-0.39, 0.29) is 17.2 Å². The average Bonchev–Trinajstić information content (AvgIpc) is 2.95. The fourth-order valence-corrected chi connectivity index (χ4v) is 5.52. The van der Waals surface area contributed by atoms with Crippen molar-refractivity contribution >= 4 is 5.97 Å². The first-order valence-corrected chi connectivity index (χ1v) is 8.87. The third-order valence-electron chi connectivity index (χ3n) is 6.80. The van der Waals surface area contributed by atoms with Gasteiger partial charge in [0, 0.05) is 18.3 Å². The van der Waals surface area contributed by atoms with E-state index in [9.17, 15) is 4.79 Å². The highest BCUT2D eigenvalue weighted by Gasteiger charge is 2.65. The number of fused-ring (bicyclic) bond motifs is 2. The van der Waals surface area contributed by atoms with Gasteiger partial charge in [-0.3, -0.25) is 4.79 Å². The molecule has 4 rings (SSSR count). The topological polar surface area (TPSA) is 44.8 Å². The summed E-state index contributed by atoms with van der Waals surface area (Å²) in [6.45, 7) is 10.7. The van der Waals surface area contributed by atoms with Gasteiger partial charge in [-0.15, -0.1) is 0 Å². The molecule has 0 N–H and O–H groups in total. The largest absolute Gasteiger partial charge is 0.466 e. The molecule has 1 spiro atoms. The third-order valence-corrected chi connectivity index (χ3v) is 6.80. The molecule has 4 fully saturated rings. The van der Waals surface area contributed by atoms with Gasteiger partial charge in [-0.2, -0.15) is 0 Å². The predicted octanol–water partition coefficient (Wildman–Crippen LogP) is 3.39. The summed E-state index contributed by atoms with van der Waals surface area (Å²) >= 11 is 0.